The van der Waals surface area contributed by atoms with Crippen LogP contribution in [0.3, 0.4) is 0 Å². The van der Waals surface area contributed by atoms with Crippen LogP contribution in [0.2, 0.25) is 0 Å². The average molecular weight is 615 g/mol. The van der Waals surface area contributed by atoms with Gasteiger partial charge in [-0.25, -0.2) is 13.1 Å². The summed E-state index contributed by atoms with van der Waals surface area (Å²) in [5, 5.41) is 15.5. The fraction of sp³-hybridized carbons (Fsp3) is 0.355. The Kier molecular flexibility index (Phi) is 9.49. The number of nitriles is 1. The number of hydrogen-bond acceptors (Lipinski definition) is 6. The van der Waals surface area contributed by atoms with Crippen molar-refractivity contribution < 1.29 is 31.1 Å². The second kappa shape index (κ2) is 12.8. The van der Waals surface area contributed by atoms with E-state index in [2.05, 4.69) is 36.1 Å². The van der Waals surface area contributed by atoms with Crippen LogP contribution in [0.4, 0.5) is 13.2 Å². The Morgan fingerprint density at radius 1 is 1.07 bits per heavy atom. The molecule has 8 nitrogen and oxygen atoms in total. The average Bonchev–Trinajstić information content (AvgIpc) is 2.95. The Morgan fingerprint density at radius 2 is 1.79 bits per heavy atom. The first-order valence-electron chi connectivity index (χ1n) is 13.6. The molecule has 3 N–H and O–H groups in total. The summed E-state index contributed by atoms with van der Waals surface area (Å²) in [6.07, 6.45) is -4.58. The van der Waals surface area contributed by atoms with Crippen molar-refractivity contribution in [1.29, 1.82) is 5.26 Å². The number of nitrogens with one attached hydrogen (secondary N) is 3. The van der Waals surface area contributed by atoms with Crippen LogP contribution in [0.25, 0.3) is 0 Å². The number of ether oxygens (including phenoxy) is 1. The summed E-state index contributed by atoms with van der Waals surface area (Å²) in [5.41, 5.74) is 1.32. The lowest BCUT2D eigenvalue weighted by Crippen LogP contribution is -2.37. The lowest BCUT2D eigenvalue weighted by molar-refractivity contribution is -0.137. The van der Waals surface area contributed by atoms with Crippen molar-refractivity contribution >= 4 is 15.9 Å². The van der Waals surface area contributed by atoms with Gasteiger partial charge >= 0.3 is 6.18 Å². The molecule has 0 bridgehead atoms. The van der Waals surface area contributed by atoms with Crippen molar-refractivity contribution in [3.05, 3.63) is 94.5 Å². The van der Waals surface area contributed by atoms with Crippen LogP contribution in [0, 0.1) is 11.3 Å². The van der Waals surface area contributed by atoms with Gasteiger partial charge in [-0.2, -0.15) is 18.4 Å². The number of halogens is 3. The predicted octanol–water partition coefficient (Wildman–Crippen LogP) is 5.51. The molecule has 0 saturated heterocycles. The Balaban J connectivity index is 1.55. The zero-order chi connectivity index (χ0) is 31.4. The second-order valence-corrected chi connectivity index (χ2v) is 13.1. The third kappa shape index (κ3) is 8.56. The smallest absolute Gasteiger partial charge is 0.416 e. The van der Waals surface area contributed by atoms with E-state index >= 15 is 0 Å². The molecule has 0 spiro atoms. The number of carbonyl (C=O) groups excluding carboxylic acids is 1. The summed E-state index contributed by atoms with van der Waals surface area (Å²) < 4.78 is 74.4. The first kappa shape index (κ1) is 32.0. The Labute approximate surface area is 249 Å². The summed E-state index contributed by atoms with van der Waals surface area (Å²) in [6.45, 7) is 7.21. The van der Waals surface area contributed by atoms with E-state index in [9.17, 15) is 26.4 Å². The van der Waals surface area contributed by atoms with E-state index in [1.54, 1.807) is 0 Å². The maximum absolute atomic E-state index is 13.3. The van der Waals surface area contributed by atoms with Gasteiger partial charge in [-0.1, -0.05) is 30.3 Å². The molecule has 228 valence electrons. The van der Waals surface area contributed by atoms with Crippen LogP contribution in [0.1, 0.15) is 73.5 Å². The van der Waals surface area contributed by atoms with Crippen molar-refractivity contribution in [2.45, 2.75) is 68.9 Å². The highest BCUT2D eigenvalue weighted by atomic mass is 32.2. The van der Waals surface area contributed by atoms with Gasteiger partial charge in [-0.15, -0.1) is 0 Å². The second-order valence-electron chi connectivity index (χ2n) is 11.4. The molecule has 0 aromatic heterocycles. The quantitative estimate of drug-likeness (QED) is 0.292. The fourth-order valence-electron chi connectivity index (χ4n) is 4.61. The van der Waals surface area contributed by atoms with E-state index < -0.39 is 38.6 Å². The third-order valence-electron chi connectivity index (χ3n) is 6.88. The topological polar surface area (TPSA) is 120 Å². The Hall–Kier alpha value is -3.92. The van der Waals surface area contributed by atoms with Crippen LogP contribution in [0.5, 0.6) is 5.75 Å². The van der Waals surface area contributed by atoms with E-state index in [1.165, 1.54) is 24.3 Å². The lowest BCUT2D eigenvalue weighted by atomic mass is 9.97. The van der Waals surface area contributed by atoms with Crippen LogP contribution < -0.4 is 20.1 Å². The highest BCUT2D eigenvalue weighted by molar-refractivity contribution is 7.89. The highest BCUT2D eigenvalue weighted by Gasteiger charge is 2.33. The third-order valence-corrected chi connectivity index (χ3v) is 8.35. The number of nitrogens with zero attached hydrogens (tertiary/aromatic N) is 1. The normalized spacial score (nSPS) is 16.0. The number of fused-ring (bicyclic) bond motifs is 1. The molecular formula is C31H33F3N4O4S. The summed E-state index contributed by atoms with van der Waals surface area (Å²) in [7, 11) is -4.48. The van der Waals surface area contributed by atoms with Gasteiger partial charge in [0.05, 0.1) is 40.8 Å². The standard InChI is InChI=1S/C31H33F3N4O4S/c1-30(2,3)36-19-21-9-12-25-26(13-14-42-28(25)15-21)37-29(39)17-27(22-10-7-20(18-35)8-11-22)38-43(40,41)24-6-4-5-23(16-24)31(32,33)34/h4-12,15-16,26-27,36,38H,13-14,17,19H2,1-3H3,(H,37,39)/t26-,27-/m1/s1. The van der Waals surface area contributed by atoms with Crippen molar-refractivity contribution in [1.82, 2.24) is 15.4 Å². The zero-order valence-electron chi connectivity index (χ0n) is 24.0. The molecule has 3 aromatic rings. The SMILES string of the molecule is CC(C)(C)NCc1ccc2c(c1)OCC[C@H]2NC(=O)C[C@@H](NS(=O)(=O)c1cccc(C(F)(F)F)c1)c1ccc(C#N)cc1. The molecule has 2 atom stereocenters. The van der Waals surface area contributed by atoms with E-state index in [4.69, 9.17) is 10.00 Å². The van der Waals surface area contributed by atoms with Gasteiger partial charge in [0.15, 0.2) is 0 Å². The number of sulfonamides is 1. The monoisotopic (exact) mass is 614 g/mol. The van der Waals surface area contributed by atoms with Gasteiger partial charge in [0.1, 0.15) is 5.75 Å². The van der Waals surface area contributed by atoms with Crippen LogP contribution in [0.15, 0.2) is 71.6 Å². The van der Waals surface area contributed by atoms with Gasteiger partial charge in [-0.05, 0) is 68.3 Å². The molecule has 1 heterocycles. The minimum atomic E-state index is -4.73. The van der Waals surface area contributed by atoms with Gasteiger partial charge in [0.2, 0.25) is 15.9 Å². The van der Waals surface area contributed by atoms with Crippen molar-refractivity contribution in [3.63, 3.8) is 0 Å². The van der Waals surface area contributed by atoms with E-state index in [-0.39, 0.29) is 18.0 Å². The predicted molar refractivity (Wildman–Crippen MR) is 154 cm³/mol. The summed E-state index contributed by atoms with van der Waals surface area (Å²) in [5.74, 6) is 0.177. The molecule has 4 rings (SSSR count). The molecule has 0 saturated carbocycles. The van der Waals surface area contributed by atoms with Crippen molar-refractivity contribution in [2.75, 3.05) is 6.61 Å². The number of hydrogen-bond donors (Lipinski definition) is 3. The molecule has 1 aliphatic heterocycles. The molecule has 0 radical (unpaired) electrons. The first-order chi connectivity index (χ1) is 20.1. The summed E-state index contributed by atoms with van der Waals surface area (Å²) >= 11 is 0. The van der Waals surface area contributed by atoms with Crippen molar-refractivity contribution in [3.8, 4) is 11.8 Å². The molecular weight excluding hydrogens is 581 g/mol. The molecule has 43 heavy (non-hydrogen) atoms. The number of rotatable bonds is 9. The first-order valence-corrected chi connectivity index (χ1v) is 15.1. The zero-order valence-corrected chi connectivity index (χ0v) is 24.8. The maximum Gasteiger partial charge on any atom is 0.416 e. The number of carbonyl (C=O) groups is 1. The molecule has 3 aromatic carbocycles. The van der Waals surface area contributed by atoms with Gasteiger partial charge in [0, 0.05) is 30.5 Å². The largest absolute Gasteiger partial charge is 0.493 e. The highest BCUT2D eigenvalue weighted by Crippen LogP contribution is 2.34. The van der Waals surface area contributed by atoms with E-state index in [1.807, 2.05) is 24.3 Å². The Morgan fingerprint density at radius 3 is 2.44 bits per heavy atom. The van der Waals surface area contributed by atoms with Crippen LogP contribution in [-0.4, -0.2) is 26.5 Å². The van der Waals surface area contributed by atoms with Gasteiger partial charge in [-0.3, -0.25) is 4.79 Å². The van der Waals surface area contributed by atoms with E-state index in [0.717, 1.165) is 29.3 Å². The van der Waals surface area contributed by atoms with Crippen LogP contribution >= 0.6 is 0 Å². The van der Waals surface area contributed by atoms with Gasteiger partial charge in [0.25, 0.3) is 0 Å². The summed E-state index contributed by atoms with van der Waals surface area (Å²) in [4.78, 5) is 12.7. The Bertz CT molecular complexity index is 1610. The molecule has 0 unspecified atom stereocenters. The maximum atomic E-state index is 13.3. The van der Waals surface area contributed by atoms with E-state index in [0.29, 0.717) is 42.5 Å². The lowest BCUT2D eigenvalue weighted by Gasteiger charge is -2.28. The molecule has 0 fully saturated rings. The van der Waals surface area contributed by atoms with Crippen LogP contribution in [-0.2, 0) is 27.5 Å². The minimum Gasteiger partial charge on any atom is -0.493 e. The molecule has 0 aliphatic carbocycles. The molecule has 1 amide bonds. The fourth-order valence-corrected chi connectivity index (χ4v) is 5.88. The summed E-state index contributed by atoms with van der Waals surface area (Å²) in [6, 6.07) is 15.6. The number of amides is 1. The molecule has 1 aliphatic rings. The number of benzene rings is 3. The minimum absolute atomic E-state index is 0.0681. The van der Waals surface area contributed by atoms with Gasteiger partial charge < -0.3 is 15.4 Å². The number of alkyl halides is 3. The molecule has 12 heteroatoms. The van der Waals surface area contributed by atoms with Crippen molar-refractivity contribution in [2.24, 2.45) is 0 Å².